The molecule has 1 aliphatic heterocycles. The average Bonchev–Trinajstić information content (AvgIpc) is 2.56. The molecule has 25 heavy (non-hydrogen) atoms. The number of fused-ring (bicyclic) bond motifs is 1. The van der Waals surface area contributed by atoms with Gasteiger partial charge in [0, 0.05) is 26.1 Å². The van der Waals surface area contributed by atoms with Crippen molar-refractivity contribution < 1.29 is 14.3 Å². The Hall–Kier alpha value is -2.04. The molecule has 0 fully saturated rings. The summed E-state index contributed by atoms with van der Waals surface area (Å²) in [5.41, 5.74) is 0.899. The minimum Gasteiger partial charge on any atom is -0.476 e. The van der Waals surface area contributed by atoms with Gasteiger partial charge in [-0.1, -0.05) is 19.4 Å². The van der Waals surface area contributed by atoms with Crippen LogP contribution in [0.3, 0.4) is 0 Å². The Kier molecular flexibility index (Phi) is 6.09. The molecule has 2 amide bonds. The van der Waals surface area contributed by atoms with Gasteiger partial charge in [-0.25, -0.2) is 0 Å². The van der Waals surface area contributed by atoms with Crippen LogP contribution in [0.2, 0.25) is 0 Å². The highest BCUT2D eigenvalue weighted by Crippen LogP contribution is 2.38. The Morgan fingerprint density at radius 1 is 1.28 bits per heavy atom. The molecule has 1 heterocycles. The largest absolute Gasteiger partial charge is 0.476 e. The van der Waals surface area contributed by atoms with Crippen LogP contribution < -0.4 is 9.64 Å². The molecule has 5 nitrogen and oxygen atoms in total. The zero-order valence-electron chi connectivity index (χ0n) is 16.1. The van der Waals surface area contributed by atoms with Crippen molar-refractivity contribution in [1.82, 2.24) is 4.90 Å². The smallest absolute Gasteiger partial charge is 0.270 e. The third kappa shape index (κ3) is 4.33. The molecule has 0 radical (unpaired) electrons. The summed E-state index contributed by atoms with van der Waals surface area (Å²) in [7, 11) is 0. The molecule has 1 aliphatic rings. The number of amides is 2. The van der Waals surface area contributed by atoms with Gasteiger partial charge in [0.15, 0.2) is 5.60 Å². The molecular weight excluding hydrogens is 316 g/mol. The molecule has 5 heteroatoms. The standard InChI is InChI=1S/C20H30N2O3/c1-6-8-12-21(7-2)18(23)11-13-22-16-14-15(3)9-10-17(16)25-20(4,5)19(22)24/h9-10,14H,6-8,11-13H2,1-5H3. The molecular formula is C20H30N2O3. The van der Waals surface area contributed by atoms with E-state index in [0.29, 0.717) is 25.3 Å². The van der Waals surface area contributed by atoms with E-state index in [-0.39, 0.29) is 11.8 Å². The van der Waals surface area contributed by atoms with Crippen LogP contribution in [-0.4, -0.2) is 41.9 Å². The van der Waals surface area contributed by atoms with Gasteiger partial charge in [-0.2, -0.15) is 0 Å². The molecule has 1 aromatic carbocycles. The van der Waals surface area contributed by atoms with Crippen LogP contribution >= 0.6 is 0 Å². The van der Waals surface area contributed by atoms with E-state index in [4.69, 9.17) is 4.74 Å². The van der Waals surface area contributed by atoms with Gasteiger partial charge in [0.25, 0.3) is 5.91 Å². The van der Waals surface area contributed by atoms with Crippen LogP contribution in [0.25, 0.3) is 0 Å². The van der Waals surface area contributed by atoms with E-state index in [0.717, 1.165) is 30.6 Å². The molecule has 0 atom stereocenters. The van der Waals surface area contributed by atoms with Gasteiger partial charge < -0.3 is 14.5 Å². The molecule has 1 aromatic rings. The van der Waals surface area contributed by atoms with Crippen LogP contribution in [0.15, 0.2) is 18.2 Å². The molecule has 0 N–H and O–H groups in total. The SMILES string of the molecule is CCCCN(CC)C(=O)CCN1C(=O)C(C)(C)Oc2ccc(C)cc21. The fourth-order valence-corrected chi connectivity index (χ4v) is 3.07. The molecule has 0 saturated heterocycles. The first kappa shape index (κ1) is 19.3. The maximum Gasteiger partial charge on any atom is 0.270 e. The number of carbonyl (C=O) groups excluding carboxylic acids is 2. The number of hydrogen-bond donors (Lipinski definition) is 0. The second-order valence-corrected chi connectivity index (χ2v) is 7.12. The monoisotopic (exact) mass is 346 g/mol. The minimum absolute atomic E-state index is 0.0993. The lowest BCUT2D eigenvalue weighted by Gasteiger charge is -2.39. The number of aryl methyl sites for hydroxylation is 1. The third-order valence-electron chi connectivity index (χ3n) is 4.60. The van der Waals surface area contributed by atoms with Gasteiger partial charge in [0.05, 0.1) is 5.69 Å². The topological polar surface area (TPSA) is 49.9 Å². The number of ether oxygens (including phenoxy) is 1. The van der Waals surface area contributed by atoms with Crippen molar-refractivity contribution in [3.8, 4) is 5.75 Å². The third-order valence-corrected chi connectivity index (χ3v) is 4.60. The van der Waals surface area contributed by atoms with Crippen molar-refractivity contribution >= 4 is 17.5 Å². The van der Waals surface area contributed by atoms with E-state index in [2.05, 4.69) is 6.92 Å². The average molecular weight is 346 g/mol. The van der Waals surface area contributed by atoms with E-state index in [1.165, 1.54) is 0 Å². The summed E-state index contributed by atoms with van der Waals surface area (Å²) in [6.45, 7) is 11.5. The Labute approximate surface area is 150 Å². The second-order valence-electron chi connectivity index (χ2n) is 7.12. The summed E-state index contributed by atoms with van der Waals surface area (Å²) in [4.78, 5) is 28.9. The minimum atomic E-state index is -0.919. The molecule has 0 spiro atoms. The van der Waals surface area contributed by atoms with Crippen LogP contribution in [-0.2, 0) is 9.59 Å². The lowest BCUT2D eigenvalue weighted by molar-refractivity contribution is -0.133. The number of hydrogen-bond acceptors (Lipinski definition) is 3. The van der Waals surface area contributed by atoms with Gasteiger partial charge in [0.1, 0.15) is 5.75 Å². The molecule has 2 rings (SSSR count). The number of carbonyl (C=O) groups is 2. The van der Waals surface area contributed by atoms with Gasteiger partial charge in [-0.15, -0.1) is 0 Å². The summed E-state index contributed by atoms with van der Waals surface area (Å²) >= 11 is 0. The van der Waals surface area contributed by atoms with Crippen molar-refractivity contribution in [1.29, 1.82) is 0 Å². The van der Waals surface area contributed by atoms with Crippen LogP contribution in [0, 0.1) is 6.92 Å². The number of rotatable bonds is 7. The second kappa shape index (κ2) is 7.89. The first-order valence-electron chi connectivity index (χ1n) is 9.19. The highest BCUT2D eigenvalue weighted by molar-refractivity contribution is 6.02. The summed E-state index contributed by atoms with van der Waals surface area (Å²) in [6, 6.07) is 5.81. The molecule has 0 aromatic heterocycles. The van der Waals surface area contributed by atoms with E-state index < -0.39 is 5.60 Å². The van der Waals surface area contributed by atoms with Crippen molar-refractivity contribution in [3.63, 3.8) is 0 Å². The van der Waals surface area contributed by atoms with Gasteiger partial charge in [-0.05, 0) is 51.8 Å². The van der Waals surface area contributed by atoms with Gasteiger partial charge in [-0.3, -0.25) is 9.59 Å². The first-order chi connectivity index (χ1) is 11.8. The highest BCUT2D eigenvalue weighted by atomic mass is 16.5. The zero-order valence-corrected chi connectivity index (χ0v) is 16.1. The number of unbranched alkanes of at least 4 members (excludes halogenated alkanes) is 1. The van der Waals surface area contributed by atoms with Crippen molar-refractivity contribution in [2.45, 2.75) is 59.5 Å². The summed E-state index contributed by atoms with van der Waals surface area (Å²) in [5.74, 6) is 0.693. The lowest BCUT2D eigenvalue weighted by atomic mass is 10.0. The van der Waals surface area contributed by atoms with Crippen LogP contribution in [0.4, 0.5) is 5.69 Å². The Morgan fingerprint density at radius 3 is 2.64 bits per heavy atom. The summed E-state index contributed by atoms with van der Waals surface area (Å²) in [6.07, 6.45) is 2.39. The van der Waals surface area contributed by atoms with Crippen LogP contribution in [0.5, 0.6) is 5.75 Å². The molecule has 0 unspecified atom stereocenters. The zero-order chi connectivity index (χ0) is 18.6. The lowest BCUT2D eigenvalue weighted by Crippen LogP contribution is -2.53. The fourth-order valence-electron chi connectivity index (χ4n) is 3.07. The number of benzene rings is 1. The Morgan fingerprint density at radius 2 is 2.00 bits per heavy atom. The van der Waals surface area contributed by atoms with Gasteiger partial charge >= 0.3 is 0 Å². The number of anilines is 1. The quantitative estimate of drug-likeness (QED) is 0.759. The maximum atomic E-state index is 12.8. The highest BCUT2D eigenvalue weighted by Gasteiger charge is 2.40. The van der Waals surface area contributed by atoms with E-state index >= 15 is 0 Å². The maximum absolute atomic E-state index is 12.8. The number of nitrogens with zero attached hydrogens (tertiary/aromatic N) is 2. The summed E-state index contributed by atoms with van der Waals surface area (Å²) < 4.78 is 5.86. The molecule has 0 bridgehead atoms. The van der Waals surface area contributed by atoms with E-state index in [1.807, 2.05) is 36.9 Å². The Balaban J connectivity index is 2.16. The normalized spacial score (nSPS) is 15.6. The van der Waals surface area contributed by atoms with E-state index in [1.54, 1.807) is 18.7 Å². The predicted octanol–water partition coefficient (Wildman–Crippen LogP) is 3.54. The van der Waals surface area contributed by atoms with Crippen LogP contribution in [0.1, 0.15) is 52.5 Å². The Bertz CT molecular complexity index is 640. The predicted molar refractivity (Wildman–Crippen MR) is 100 cm³/mol. The molecule has 0 saturated carbocycles. The van der Waals surface area contributed by atoms with Gasteiger partial charge in [0.2, 0.25) is 5.91 Å². The van der Waals surface area contributed by atoms with Crippen molar-refractivity contribution in [2.24, 2.45) is 0 Å². The van der Waals surface area contributed by atoms with Crippen molar-refractivity contribution in [3.05, 3.63) is 23.8 Å². The molecule has 138 valence electrons. The van der Waals surface area contributed by atoms with E-state index in [9.17, 15) is 9.59 Å². The fraction of sp³-hybridized carbons (Fsp3) is 0.600. The van der Waals surface area contributed by atoms with Crippen molar-refractivity contribution in [2.75, 3.05) is 24.5 Å². The summed E-state index contributed by atoms with van der Waals surface area (Å²) in [5, 5.41) is 0. The molecule has 0 aliphatic carbocycles. The first-order valence-corrected chi connectivity index (χ1v) is 9.19.